The van der Waals surface area contributed by atoms with Crippen molar-refractivity contribution in [2.24, 2.45) is 5.92 Å². The Morgan fingerprint density at radius 2 is 2.13 bits per heavy atom. The number of piperidine rings is 1. The number of aryl methyl sites for hydroxylation is 1. The van der Waals surface area contributed by atoms with Gasteiger partial charge in [0.15, 0.2) is 11.6 Å². The zero-order valence-corrected chi connectivity index (χ0v) is 17.9. The lowest BCUT2D eigenvalue weighted by atomic mass is 9.89. The second-order valence-electron chi connectivity index (χ2n) is 8.53. The number of likely N-dealkylation sites (tertiary alicyclic amines) is 1. The number of aliphatic carboxylic acids is 1. The van der Waals surface area contributed by atoms with Gasteiger partial charge in [-0.25, -0.2) is 9.37 Å². The number of halogens is 1. The van der Waals surface area contributed by atoms with E-state index in [4.69, 9.17) is 9.72 Å². The first-order valence-electron chi connectivity index (χ1n) is 11.1. The van der Waals surface area contributed by atoms with E-state index in [1.807, 2.05) is 0 Å². The molecule has 0 amide bonds. The fourth-order valence-corrected chi connectivity index (χ4v) is 4.76. The van der Waals surface area contributed by atoms with Gasteiger partial charge in [-0.2, -0.15) is 0 Å². The third-order valence-electron chi connectivity index (χ3n) is 6.47. The molecule has 2 aliphatic rings. The smallest absolute Gasteiger partial charge is 0.305 e. The van der Waals surface area contributed by atoms with Crippen molar-refractivity contribution in [3.05, 3.63) is 53.0 Å². The minimum Gasteiger partial charge on any atom is -0.494 e. The van der Waals surface area contributed by atoms with Crippen LogP contribution in [0.3, 0.4) is 0 Å². The number of rotatable bonds is 7. The normalized spacial score (nSPS) is 18.1. The number of methoxy groups -OCH3 is 1. The molecule has 2 aromatic rings. The zero-order chi connectivity index (χ0) is 21.8. The number of anilines is 1. The van der Waals surface area contributed by atoms with Crippen LogP contribution in [-0.2, 0) is 17.6 Å². The molecule has 6 nitrogen and oxygen atoms in total. The number of benzene rings is 1. The molecule has 0 spiro atoms. The van der Waals surface area contributed by atoms with Crippen molar-refractivity contribution < 1.29 is 19.0 Å². The lowest BCUT2D eigenvalue weighted by Gasteiger charge is -2.37. The Morgan fingerprint density at radius 1 is 1.32 bits per heavy atom. The topological polar surface area (TPSA) is 74.7 Å². The molecular weight excluding hydrogens is 397 g/mol. The summed E-state index contributed by atoms with van der Waals surface area (Å²) in [6.45, 7) is 2.57. The van der Waals surface area contributed by atoms with Gasteiger partial charge in [-0.15, -0.1) is 0 Å². The minimum atomic E-state index is -0.880. The van der Waals surface area contributed by atoms with E-state index < -0.39 is 11.8 Å². The number of pyridine rings is 1. The maximum atomic E-state index is 14.2. The van der Waals surface area contributed by atoms with Crippen LogP contribution in [0.25, 0.3) is 0 Å². The zero-order valence-electron chi connectivity index (χ0n) is 17.9. The summed E-state index contributed by atoms with van der Waals surface area (Å²) in [5.41, 5.74) is 3.10. The lowest BCUT2D eigenvalue weighted by molar-refractivity contribution is -0.138. The van der Waals surface area contributed by atoms with Crippen LogP contribution in [0.4, 0.5) is 10.2 Å². The molecule has 1 atom stereocenters. The molecule has 0 aliphatic carbocycles. The number of fused-ring (bicyclic) bond motifs is 1. The highest BCUT2D eigenvalue weighted by Gasteiger charge is 2.29. The molecule has 0 bridgehead atoms. The summed E-state index contributed by atoms with van der Waals surface area (Å²) in [7, 11) is 1.42. The largest absolute Gasteiger partial charge is 0.494 e. The Balaban J connectivity index is 1.40. The Kier molecular flexibility index (Phi) is 6.70. The first-order valence-corrected chi connectivity index (χ1v) is 11.1. The van der Waals surface area contributed by atoms with E-state index in [2.05, 4.69) is 22.3 Å². The van der Waals surface area contributed by atoms with E-state index in [-0.39, 0.29) is 18.2 Å². The molecule has 4 rings (SSSR count). The summed E-state index contributed by atoms with van der Waals surface area (Å²) in [5, 5.41) is 12.8. The van der Waals surface area contributed by atoms with Crippen LogP contribution in [0.2, 0.25) is 0 Å². The third kappa shape index (κ3) is 5.15. The molecule has 2 aliphatic heterocycles. The van der Waals surface area contributed by atoms with Crippen LogP contribution in [0.15, 0.2) is 30.3 Å². The molecule has 0 saturated carbocycles. The molecule has 3 heterocycles. The van der Waals surface area contributed by atoms with Gasteiger partial charge in [0.2, 0.25) is 0 Å². The third-order valence-corrected chi connectivity index (χ3v) is 6.47. The number of carbonyl (C=O) groups is 1. The van der Waals surface area contributed by atoms with Crippen LogP contribution < -0.4 is 10.1 Å². The summed E-state index contributed by atoms with van der Waals surface area (Å²) in [4.78, 5) is 18.5. The fraction of sp³-hybridized carbons (Fsp3) is 0.500. The highest BCUT2D eigenvalue weighted by atomic mass is 19.1. The van der Waals surface area contributed by atoms with Gasteiger partial charge in [-0.05, 0) is 80.4 Å². The van der Waals surface area contributed by atoms with Gasteiger partial charge in [0.05, 0.1) is 13.5 Å². The van der Waals surface area contributed by atoms with Crippen molar-refractivity contribution in [1.82, 2.24) is 9.88 Å². The minimum absolute atomic E-state index is 0.0471. The lowest BCUT2D eigenvalue weighted by Crippen LogP contribution is -2.38. The van der Waals surface area contributed by atoms with Gasteiger partial charge in [-0.3, -0.25) is 9.69 Å². The van der Waals surface area contributed by atoms with Crippen molar-refractivity contribution in [2.45, 2.75) is 44.6 Å². The first-order chi connectivity index (χ1) is 15.0. The average molecular weight is 428 g/mol. The number of nitrogens with one attached hydrogen (secondary N) is 1. The fourth-order valence-electron chi connectivity index (χ4n) is 4.76. The SMILES string of the molecule is COc1ccc(C(CC(=O)O)N2CCC(Cc3ccc4c(n3)NCCC4)CC2)cc1F. The van der Waals surface area contributed by atoms with Crippen LogP contribution in [0, 0.1) is 11.7 Å². The van der Waals surface area contributed by atoms with E-state index in [0.29, 0.717) is 11.5 Å². The molecular formula is C24H30FN3O3. The number of hydrogen-bond donors (Lipinski definition) is 2. The number of ether oxygens (including phenoxy) is 1. The van der Waals surface area contributed by atoms with Crippen LogP contribution >= 0.6 is 0 Å². The van der Waals surface area contributed by atoms with Gasteiger partial charge in [-0.1, -0.05) is 12.1 Å². The maximum absolute atomic E-state index is 14.2. The summed E-state index contributed by atoms with van der Waals surface area (Å²) in [6, 6.07) is 8.74. The quantitative estimate of drug-likeness (QED) is 0.694. The number of nitrogens with zero attached hydrogens (tertiary/aromatic N) is 2. The molecule has 1 unspecified atom stereocenters. The maximum Gasteiger partial charge on any atom is 0.305 e. The van der Waals surface area contributed by atoms with Gasteiger partial charge < -0.3 is 15.2 Å². The molecule has 1 saturated heterocycles. The molecule has 0 radical (unpaired) electrons. The van der Waals surface area contributed by atoms with Crippen molar-refractivity contribution in [3.63, 3.8) is 0 Å². The molecule has 1 fully saturated rings. The molecule has 7 heteroatoms. The van der Waals surface area contributed by atoms with E-state index in [1.165, 1.54) is 18.7 Å². The Bertz CT molecular complexity index is 928. The Hall–Kier alpha value is -2.67. The standard InChI is InChI=1S/C24H30FN3O3/c1-31-22-7-5-18(14-20(22)25)21(15-23(29)30)28-11-8-16(9-12-28)13-19-6-4-17-3-2-10-26-24(17)27-19/h4-7,14,16,21H,2-3,8-13,15H2,1H3,(H,26,27)(H,29,30). The van der Waals surface area contributed by atoms with Gasteiger partial charge >= 0.3 is 5.97 Å². The molecule has 1 aromatic carbocycles. The number of carboxylic acid groups (broad SMARTS) is 1. The second kappa shape index (κ2) is 9.64. The van der Waals surface area contributed by atoms with Crippen molar-refractivity contribution >= 4 is 11.8 Å². The Morgan fingerprint density at radius 3 is 2.84 bits per heavy atom. The monoisotopic (exact) mass is 427 g/mol. The van der Waals surface area contributed by atoms with Crippen molar-refractivity contribution in [3.8, 4) is 5.75 Å². The predicted octanol–water partition coefficient (Wildman–Crippen LogP) is 4.06. The van der Waals surface area contributed by atoms with E-state index in [0.717, 1.165) is 63.3 Å². The van der Waals surface area contributed by atoms with Gasteiger partial charge in [0.25, 0.3) is 0 Å². The molecule has 166 valence electrons. The highest BCUT2D eigenvalue weighted by Crippen LogP contribution is 2.33. The van der Waals surface area contributed by atoms with E-state index >= 15 is 0 Å². The van der Waals surface area contributed by atoms with Gasteiger partial charge in [0.1, 0.15) is 5.82 Å². The molecule has 2 N–H and O–H groups in total. The summed E-state index contributed by atoms with van der Waals surface area (Å²) >= 11 is 0. The second-order valence-corrected chi connectivity index (χ2v) is 8.53. The van der Waals surface area contributed by atoms with E-state index in [9.17, 15) is 14.3 Å². The number of aromatic nitrogens is 1. The number of carboxylic acids is 1. The first kappa shape index (κ1) is 21.6. The highest BCUT2D eigenvalue weighted by molar-refractivity contribution is 5.68. The van der Waals surface area contributed by atoms with E-state index in [1.54, 1.807) is 12.1 Å². The van der Waals surface area contributed by atoms with Crippen molar-refractivity contribution in [1.29, 1.82) is 0 Å². The van der Waals surface area contributed by atoms with Crippen molar-refractivity contribution in [2.75, 3.05) is 32.1 Å². The summed E-state index contributed by atoms with van der Waals surface area (Å²) < 4.78 is 19.2. The van der Waals surface area contributed by atoms with Crippen LogP contribution in [0.5, 0.6) is 5.75 Å². The number of hydrogen-bond acceptors (Lipinski definition) is 5. The molecule has 31 heavy (non-hydrogen) atoms. The average Bonchev–Trinajstić information content (AvgIpc) is 2.78. The Labute approximate surface area is 182 Å². The van der Waals surface area contributed by atoms with Crippen LogP contribution in [-0.4, -0.2) is 47.7 Å². The summed E-state index contributed by atoms with van der Waals surface area (Å²) in [5.74, 6) is 0.378. The van der Waals surface area contributed by atoms with Crippen LogP contribution in [0.1, 0.15) is 48.5 Å². The predicted molar refractivity (Wildman–Crippen MR) is 117 cm³/mol. The molecule has 1 aromatic heterocycles. The van der Waals surface area contributed by atoms with Gasteiger partial charge in [0, 0.05) is 18.3 Å². The summed E-state index contributed by atoms with van der Waals surface area (Å²) in [6.07, 6.45) is 5.08.